The van der Waals surface area contributed by atoms with Crippen LogP contribution in [0.5, 0.6) is 5.75 Å². The van der Waals surface area contributed by atoms with Gasteiger partial charge in [-0.05, 0) is 42.3 Å². The van der Waals surface area contributed by atoms with E-state index in [1.165, 1.54) is 24.5 Å². The maximum Gasteiger partial charge on any atom is 0.283 e. The van der Waals surface area contributed by atoms with E-state index in [-0.39, 0.29) is 12.3 Å². The third-order valence-electron chi connectivity index (χ3n) is 4.67. The van der Waals surface area contributed by atoms with Gasteiger partial charge in [-0.2, -0.15) is 5.10 Å². The highest BCUT2D eigenvalue weighted by molar-refractivity contribution is 7.14. The molecule has 0 saturated carbocycles. The van der Waals surface area contributed by atoms with Crippen LogP contribution in [0.25, 0.3) is 6.08 Å². The van der Waals surface area contributed by atoms with Crippen molar-refractivity contribution in [2.45, 2.75) is 32.7 Å². The quantitative estimate of drug-likeness (QED) is 0.186. The standard InChI is InChI=1S/C22H19ClF4N2O2S/c1-3-14-6-9-17(32-14)15(30)7-4-12-5-8-16(31-2)13(10-12)11-29-20(22(26)27)18(23)19(28-29)21(24)25/h4-10,21-22H,3,11H2,1-2H3/b7-4+. The molecule has 0 N–H and O–H groups in total. The van der Waals surface area contributed by atoms with Crippen molar-refractivity contribution < 1.29 is 27.1 Å². The normalized spacial score (nSPS) is 11.8. The van der Waals surface area contributed by atoms with Gasteiger partial charge in [0.15, 0.2) is 5.78 Å². The molecule has 0 atom stereocenters. The third kappa shape index (κ3) is 5.21. The molecule has 0 fully saturated rings. The van der Waals surface area contributed by atoms with Crippen LogP contribution in [0, 0.1) is 0 Å². The number of hydrogen-bond donors (Lipinski definition) is 0. The Morgan fingerprint density at radius 1 is 1.22 bits per heavy atom. The van der Waals surface area contributed by atoms with E-state index in [0.717, 1.165) is 16.0 Å². The van der Waals surface area contributed by atoms with Gasteiger partial charge in [-0.25, -0.2) is 17.6 Å². The van der Waals surface area contributed by atoms with Gasteiger partial charge in [0.05, 0.1) is 23.6 Å². The van der Waals surface area contributed by atoms with E-state index in [9.17, 15) is 22.4 Å². The van der Waals surface area contributed by atoms with Gasteiger partial charge < -0.3 is 4.74 Å². The number of ketones is 1. The lowest BCUT2D eigenvalue weighted by molar-refractivity contribution is 0.105. The third-order valence-corrected chi connectivity index (χ3v) is 6.31. The van der Waals surface area contributed by atoms with Gasteiger partial charge in [-0.15, -0.1) is 11.3 Å². The Bertz CT molecular complexity index is 1140. The molecule has 32 heavy (non-hydrogen) atoms. The number of carbonyl (C=O) groups excluding carboxylic acids is 1. The highest BCUT2D eigenvalue weighted by Crippen LogP contribution is 2.35. The number of rotatable bonds is 9. The van der Waals surface area contributed by atoms with E-state index in [2.05, 4.69) is 5.10 Å². The van der Waals surface area contributed by atoms with Crippen molar-refractivity contribution >= 4 is 34.8 Å². The summed E-state index contributed by atoms with van der Waals surface area (Å²) in [5.41, 5.74) is -0.671. The van der Waals surface area contributed by atoms with Gasteiger partial charge in [0.2, 0.25) is 0 Å². The number of allylic oxidation sites excluding steroid dienone is 1. The average Bonchev–Trinajstić information content (AvgIpc) is 3.36. The molecule has 170 valence electrons. The topological polar surface area (TPSA) is 44.1 Å². The second-order valence-corrected chi connectivity index (χ2v) is 8.28. The smallest absolute Gasteiger partial charge is 0.283 e. The fourth-order valence-electron chi connectivity index (χ4n) is 3.08. The first-order valence-electron chi connectivity index (χ1n) is 9.55. The van der Waals surface area contributed by atoms with Crippen molar-refractivity contribution in [1.29, 1.82) is 0 Å². The van der Waals surface area contributed by atoms with Crippen LogP contribution in [0.3, 0.4) is 0 Å². The number of hydrogen-bond acceptors (Lipinski definition) is 4. The van der Waals surface area contributed by atoms with Crippen LogP contribution in [0.1, 0.15) is 56.8 Å². The number of carbonyl (C=O) groups is 1. The summed E-state index contributed by atoms with van der Waals surface area (Å²) >= 11 is 7.14. The molecule has 0 saturated heterocycles. The Morgan fingerprint density at radius 2 is 1.97 bits per heavy atom. The zero-order valence-corrected chi connectivity index (χ0v) is 18.7. The van der Waals surface area contributed by atoms with Crippen molar-refractivity contribution in [3.05, 3.63) is 73.7 Å². The van der Waals surface area contributed by atoms with E-state index >= 15 is 0 Å². The first kappa shape index (κ1) is 24.0. The van der Waals surface area contributed by atoms with Crippen LogP contribution in [-0.2, 0) is 13.0 Å². The Kier molecular flexibility index (Phi) is 7.73. The molecule has 1 aromatic carbocycles. The molecule has 0 aliphatic carbocycles. The molecule has 0 amide bonds. The number of methoxy groups -OCH3 is 1. The maximum absolute atomic E-state index is 13.5. The molecule has 0 aliphatic heterocycles. The second kappa shape index (κ2) is 10.3. The summed E-state index contributed by atoms with van der Waals surface area (Å²) in [5.74, 6) is 0.192. The van der Waals surface area contributed by atoms with Crippen molar-refractivity contribution in [3.63, 3.8) is 0 Å². The molecule has 0 radical (unpaired) electrons. The minimum absolute atomic E-state index is 0.160. The lowest BCUT2D eigenvalue weighted by Crippen LogP contribution is -2.08. The molecule has 10 heteroatoms. The predicted molar refractivity (Wildman–Crippen MR) is 116 cm³/mol. The summed E-state index contributed by atoms with van der Waals surface area (Å²) in [7, 11) is 1.40. The van der Waals surface area contributed by atoms with Gasteiger partial charge in [-0.3, -0.25) is 9.48 Å². The molecule has 3 rings (SSSR count). The molecular formula is C22H19ClF4N2O2S. The van der Waals surface area contributed by atoms with E-state index in [1.807, 2.05) is 13.0 Å². The maximum atomic E-state index is 13.5. The zero-order valence-electron chi connectivity index (χ0n) is 17.1. The van der Waals surface area contributed by atoms with Crippen LogP contribution in [0.15, 0.2) is 36.4 Å². The molecule has 0 unspecified atom stereocenters. The van der Waals surface area contributed by atoms with Gasteiger partial charge in [0.1, 0.15) is 17.1 Å². The number of ether oxygens (including phenoxy) is 1. The van der Waals surface area contributed by atoms with E-state index < -0.39 is 29.3 Å². The van der Waals surface area contributed by atoms with Crippen LogP contribution in [0.4, 0.5) is 17.6 Å². The number of alkyl halides is 4. The Labute approximate surface area is 191 Å². The number of aryl methyl sites for hydroxylation is 1. The molecule has 3 aromatic rings. The summed E-state index contributed by atoms with van der Waals surface area (Å²) in [5, 5.41) is 2.83. The van der Waals surface area contributed by atoms with Crippen molar-refractivity contribution in [3.8, 4) is 5.75 Å². The fraction of sp³-hybridized carbons (Fsp3) is 0.273. The van der Waals surface area contributed by atoms with Crippen LogP contribution in [-0.4, -0.2) is 22.7 Å². The van der Waals surface area contributed by atoms with Gasteiger partial charge >= 0.3 is 0 Å². The molecule has 0 spiro atoms. The van der Waals surface area contributed by atoms with E-state index in [4.69, 9.17) is 16.3 Å². The molecule has 2 aromatic heterocycles. The molecular weight excluding hydrogens is 468 g/mol. The van der Waals surface area contributed by atoms with Crippen molar-refractivity contribution in [1.82, 2.24) is 9.78 Å². The number of nitrogens with zero attached hydrogens (tertiary/aromatic N) is 2. The minimum Gasteiger partial charge on any atom is -0.496 e. The summed E-state index contributed by atoms with van der Waals surface area (Å²) in [6.45, 7) is 1.74. The van der Waals surface area contributed by atoms with Crippen LogP contribution in [0.2, 0.25) is 5.02 Å². The molecule has 4 nitrogen and oxygen atoms in total. The highest BCUT2D eigenvalue weighted by atomic mass is 35.5. The summed E-state index contributed by atoms with van der Waals surface area (Å²) < 4.78 is 59.1. The van der Waals surface area contributed by atoms with Crippen molar-refractivity contribution in [2.24, 2.45) is 0 Å². The van der Waals surface area contributed by atoms with E-state index in [0.29, 0.717) is 21.8 Å². The first-order valence-corrected chi connectivity index (χ1v) is 10.7. The average molecular weight is 487 g/mol. The predicted octanol–water partition coefficient (Wildman–Crippen LogP) is 6.99. The van der Waals surface area contributed by atoms with Crippen molar-refractivity contribution in [2.75, 3.05) is 7.11 Å². The second-order valence-electron chi connectivity index (χ2n) is 6.73. The monoisotopic (exact) mass is 486 g/mol. The number of halogens is 5. The lowest BCUT2D eigenvalue weighted by atomic mass is 10.1. The van der Waals surface area contributed by atoms with Gasteiger partial charge in [-0.1, -0.05) is 30.7 Å². The summed E-state index contributed by atoms with van der Waals surface area (Å²) in [6, 6.07) is 8.57. The lowest BCUT2D eigenvalue weighted by Gasteiger charge is -2.12. The van der Waals surface area contributed by atoms with Gasteiger partial charge in [0, 0.05) is 10.4 Å². The fourth-order valence-corrected chi connectivity index (χ4v) is 4.25. The summed E-state index contributed by atoms with van der Waals surface area (Å²) in [4.78, 5) is 14.1. The largest absolute Gasteiger partial charge is 0.496 e. The molecule has 0 aliphatic rings. The van der Waals surface area contributed by atoms with Gasteiger partial charge in [0.25, 0.3) is 12.9 Å². The highest BCUT2D eigenvalue weighted by Gasteiger charge is 2.28. The Balaban J connectivity index is 1.90. The molecule has 2 heterocycles. The zero-order chi connectivity index (χ0) is 23.4. The SMILES string of the molecule is CCc1ccc(C(=O)/C=C/c2ccc(OC)c(Cn3nc(C(F)F)c(Cl)c3C(F)F)c2)s1. The molecule has 0 bridgehead atoms. The number of aromatic nitrogens is 2. The number of thiophene rings is 1. The number of benzene rings is 1. The first-order chi connectivity index (χ1) is 15.2. The minimum atomic E-state index is -3.09. The summed E-state index contributed by atoms with van der Waals surface area (Å²) in [6.07, 6.45) is -2.33. The Morgan fingerprint density at radius 3 is 2.56 bits per heavy atom. The van der Waals surface area contributed by atoms with E-state index in [1.54, 1.807) is 30.3 Å². The van der Waals surface area contributed by atoms with Crippen LogP contribution < -0.4 is 4.74 Å². The Hall–Kier alpha value is -2.65. The van der Waals surface area contributed by atoms with Crippen LogP contribution >= 0.6 is 22.9 Å².